The van der Waals surface area contributed by atoms with Gasteiger partial charge < -0.3 is 15.4 Å². The van der Waals surface area contributed by atoms with E-state index < -0.39 is 0 Å². The molecular formula is C23H22N2O3. The summed E-state index contributed by atoms with van der Waals surface area (Å²) in [6.45, 7) is 2.36. The Morgan fingerprint density at radius 2 is 1.43 bits per heavy atom. The van der Waals surface area contributed by atoms with Crippen LogP contribution >= 0.6 is 0 Å². The lowest BCUT2D eigenvalue weighted by atomic mass is 10.1. The van der Waals surface area contributed by atoms with E-state index in [2.05, 4.69) is 10.6 Å². The van der Waals surface area contributed by atoms with Gasteiger partial charge in [-0.05, 0) is 54.4 Å². The summed E-state index contributed by atoms with van der Waals surface area (Å²) >= 11 is 0. The molecule has 0 spiro atoms. The van der Waals surface area contributed by atoms with E-state index in [1.54, 1.807) is 24.3 Å². The van der Waals surface area contributed by atoms with Crippen LogP contribution < -0.4 is 15.4 Å². The van der Waals surface area contributed by atoms with Gasteiger partial charge in [0.1, 0.15) is 11.5 Å². The third kappa shape index (κ3) is 5.45. The molecule has 0 aliphatic rings. The maximum atomic E-state index is 12.2. The average Bonchev–Trinajstić information content (AvgIpc) is 2.73. The fourth-order valence-electron chi connectivity index (χ4n) is 2.63. The van der Waals surface area contributed by atoms with Gasteiger partial charge in [-0.2, -0.15) is 0 Å². The number of nitrogens with one attached hydrogen (secondary N) is 2. The number of carbonyl (C=O) groups is 2. The summed E-state index contributed by atoms with van der Waals surface area (Å²) in [7, 11) is 0. The monoisotopic (exact) mass is 374 g/mol. The predicted molar refractivity (Wildman–Crippen MR) is 108 cm³/mol. The highest BCUT2D eigenvalue weighted by Crippen LogP contribution is 2.21. The maximum absolute atomic E-state index is 12.2. The molecule has 0 aliphatic carbocycles. The van der Waals surface area contributed by atoms with Crippen LogP contribution in [0.1, 0.15) is 21.5 Å². The lowest BCUT2D eigenvalue weighted by molar-refractivity contribution is -0.120. The molecule has 3 aromatic carbocycles. The van der Waals surface area contributed by atoms with E-state index in [0.29, 0.717) is 17.9 Å². The molecule has 5 heteroatoms. The Labute approximate surface area is 164 Å². The Hall–Kier alpha value is -3.60. The Morgan fingerprint density at radius 1 is 0.786 bits per heavy atom. The van der Waals surface area contributed by atoms with Crippen molar-refractivity contribution in [1.82, 2.24) is 10.6 Å². The van der Waals surface area contributed by atoms with Crippen LogP contribution in [-0.2, 0) is 11.3 Å². The van der Waals surface area contributed by atoms with Gasteiger partial charge in [0, 0.05) is 12.1 Å². The highest BCUT2D eigenvalue weighted by Gasteiger charge is 2.09. The molecule has 3 aromatic rings. The molecule has 0 atom stereocenters. The summed E-state index contributed by atoms with van der Waals surface area (Å²) in [6.07, 6.45) is 0. The van der Waals surface area contributed by atoms with Crippen LogP contribution in [0, 0.1) is 6.92 Å². The van der Waals surface area contributed by atoms with Crippen molar-refractivity contribution in [1.29, 1.82) is 0 Å². The fraction of sp³-hybridized carbons (Fsp3) is 0.130. The minimum atomic E-state index is -0.308. The van der Waals surface area contributed by atoms with Crippen LogP contribution in [0.3, 0.4) is 0 Å². The molecule has 3 rings (SSSR count). The van der Waals surface area contributed by atoms with Gasteiger partial charge in [-0.1, -0.05) is 42.5 Å². The Morgan fingerprint density at radius 3 is 2.14 bits per heavy atom. The van der Waals surface area contributed by atoms with Crippen molar-refractivity contribution in [3.63, 3.8) is 0 Å². The Kier molecular flexibility index (Phi) is 6.41. The van der Waals surface area contributed by atoms with Gasteiger partial charge in [-0.3, -0.25) is 9.59 Å². The molecule has 2 amide bonds. The molecule has 0 unspecified atom stereocenters. The smallest absolute Gasteiger partial charge is 0.251 e. The van der Waals surface area contributed by atoms with Gasteiger partial charge in [0.05, 0.1) is 6.54 Å². The van der Waals surface area contributed by atoms with E-state index >= 15 is 0 Å². The quantitative estimate of drug-likeness (QED) is 0.660. The van der Waals surface area contributed by atoms with Crippen LogP contribution in [-0.4, -0.2) is 18.4 Å². The molecule has 0 radical (unpaired) electrons. The number of hydrogen-bond acceptors (Lipinski definition) is 3. The van der Waals surface area contributed by atoms with Gasteiger partial charge in [0.15, 0.2) is 0 Å². The van der Waals surface area contributed by atoms with Crippen molar-refractivity contribution >= 4 is 11.8 Å². The summed E-state index contributed by atoms with van der Waals surface area (Å²) in [5.41, 5.74) is 2.63. The zero-order chi connectivity index (χ0) is 19.8. The number of benzene rings is 3. The SMILES string of the molecule is Cc1ccccc1CNC(=O)CNC(=O)c1ccc(Oc2ccccc2)cc1. The number of amides is 2. The predicted octanol–water partition coefficient (Wildman–Crippen LogP) is 3.83. The highest BCUT2D eigenvalue weighted by molar-refractivity contribution is 5.96. The Balaban J connectivity index is 1.46. The van der Waals surface area contributed by atoms with E-state index in [-0.39, 0.29) is 18.4 Å². The van der Waals surface area contributed by atoms with Crippen molar-refractivity contribution in [2.24, 2.45) is 0 Å². The first-order chi connectivity index (χ1) is 13.6. The van der Waals surface area contributed by atoms with Crippen LogP contribution in [0.15, 0.2) is 78.9 Å². The molecule has 2 N–H and O–H groups in total. The second-order valence-corrected chi connectivity index (χ2v) is 6.33. The number of ether oxygens (including phenoxy) is 1. The third-order valence-corrected chi connectivity index (χ3v) is 4.24. The summed E-state index contributed by atoms with van der Waals surface area (Å²) in [5, 5.41) is 5.44. The molecule has 0 aliphatic heterocycles. The minimum Gasteiger partial charge on any atom is -0.457 e. The molecule has 5 nitrogen and oxygen atoms in total. The summed E-state index contributed by atoms with van der Waals surface area (Å²) < 4.78 is 5.70. The first-order valence-corrected chi connectivity index (χ1v) is 9.04. The van der Waals surface area contributed by atoms with Gasteiger partial charge >= 0.3 is 0 Å². The highest BCUT2D eigenvalue weighted by atomic mass is 16.5. The molecule has 0 aromatic heterocycles. The first kappa shape index (κ1) is 19.2. The number of carbonyl (C=O) groups excluding carboxylic acids is 2. The maximum Gasteiger partial charge on any atom is 0.251 e. The van der Waals surface area contributed by atoms with Crippen molar-refractivity contribution in [2.45, 2.75) is 13.5 Å². The van der Waals surface area contributed by atoms with E-state index in [4.69, 9.17) is 4.74 Å². The molecule has 142 valence electrons. The van der Waals surface area contributed by atoms with E-state index in [1.165, 1.54) is 0 Å². The van der Waals surface area contributed by atoms with Gasteiger partial charge in [0.25, 0.3) is 5.91 Å². The Bertz CT molecular complexity index is 938. The van der Waals surface area contributed by atoms with Gasteiger partial charge in [0.2, 0.25) is 5.91 Å². The zero-order valence-corrected chi connectivity index (χ0v) is 15.6. The van der Waals surface area contributed by atoms with Crippen molar-refractivity contribution in [3.05, 3.63) is 95.6 Å². The normalized spacial score (nSPS) is 10.2. The number of hydrogen-bond donors (Lipinski definition) is 2. The lowest BCUT2D eigenvalue weighted by Gasteiger charge is -2.09. The zero-order valence-electron chi connectivity index (χ0n) is 15.6. The number of para-hydroxylation sites is 1. The lowest BCUT2D eigenvalue weighted by Crippen LogP contribution is -2.36. The molecule has 28 heavy (non-hydrogen) atoms. The van der Waals surface area contributed by atoms with Crippen LogP contribution in [0.5, 0.6) is 11.5 Å². The van der Waals surface area contributed by atoms with Crippen molar-refractivity contribution in [3.8, 4) is 11.5 Å². The second kappa shape index (κ2) is 9.37. The standard InChI is InChI=1S/C23H22N2O3/c1-17-7-5-6-8-19(17)15-24-22(26)16-25-23(27)18-11-13-21(14-12-18)28-20-9-3-2-4-10-20/h2-14H,15-16H2,1H3,(H,24,26)(H,25,27). The molecular weight excluding hydrogens is 352 g/mol. The van der Waals surface area contributed by atoms with Gasteiger partial charge in [-0.25, -0.2) is 0 Å². The molecule has 0 saturated carbocycles. The largest absolute Gasteiger partial charge is 0.457 e. The molecule has 0 saturated heterocycles. The van der Waals surface area contributed by atoms with Crippen LogP contribution in [0.4, 0.5) is 0 Å². The van der Waals surface area contributed by atoms with Crippen molar-refractivity contribution < 1.29 is 14.3 Å². The number of aryl methyl sites for hydroxylation is 1. The summed E-state index contributed by atoms with van der Waals surface area (Å²) in [4.78, 5) is 24.2. The summed E-state index contributed by atoms with van der Waals surface area (Å²) in [5.74, 6) is 0.821. The third-order valence-electron chi connectivity index (χ3n) is 4.24. The van der Waals surface area contributed by atoms with Crippen molar-refractivity contribution in [2.75, 3.05) is 6.54 Å². The van der Waals surface area contributed by atoms with Crippen LogP contribution in [0.2, 0.25) is 0 Å². The first-order valence-electron chi connectivity index (χ1n) is 9.04. The topological polar surface area (TPSA) is 67.4 Å². The molecule has 0 fully saturated rings. The molecule has 0 heterocycles. The number of rotatable bonds is 7. The van der Waals surface area contributed by atoms with E-state index in [1.807, 2.05) is 61.5 Å². The minimum absolute atomic E-state index is 0.0764. The second-order valence-electron chi connectivity index (χ2n) is 6.33. The van der Waals surface area contributed by atoms with Crippen LogP contribution in [0.25, 0.3) is 0 Å². The molecule has 0 bridgehead atoms. The van der Waals surface area contributed by atoms with E-state index in [9.17, 15) is 9.59 Å². The van der Waals surface area contributed by atoms with E-state index in [0.717, 1.165) is 16.9 Å². The summed E-state index contributed by atoms with van der Waals surface area (Å²) in [6, 6.07) is 24.0. The fourth-order valence-corrected chi connectivity index (χ4v) is 2.63. The van der Waals surface area contributed by atoms with Gasteiger partial charge in [-0.15, -0.1) is 0 Å². The average molecular weight is 374 g/mol.